The van der Waals surface area contributed by atoms with Crippen molar-refractivity contribution < 1.29 is 37.0 Å². The Morgan fingerprint density at radius 2 is 1.94 bits per heavy atom. The summed E-state index contributed by atoms with van der Waals surface area (Å²) in [6, 6.07) is 5.32. The maximum Gasteiger partial charge on any atom is 0.417 e. The second-order valence-electron chi connectivity index (χ2n) is 7.44. The van der Waals surface area contributed by atoms with Crippen molar-refractivity contribution in [3.63, 3.8) is 0 Å². The summed E-state index contributed by atoms with van der Waals surface area (Å²) in [5.74, 6) is -5.74. The van der Waals surface area contributed by atoms with E-state index in [0.29, 0.717) is 0 Å². The molecule has 0 spiro atoms. The fraction of sp³-hybridized carbons (Fsp3) is 0.350. The fourth-order valence-corrected chi connectivity index (χ4v) is 3.68. The minimum atomic E-state index is -4.83. The highest BCUT2D eigenvalue weighted by Crippen LogP contribution is 2.54. The summed E-state index contributed by atoms with van der Waals surface area (Å²) in [4.78, 5) is 27.9. The van der Waals surface area contributed by atoms with Crippen molar-refractivity contribution in [1.82, 2.24) is 4.98 Å². The van der Waals surface area contributed by atoms with Crippen molar-refractivity contribution in [2.45, 2.75) is 37.6 Å². The van der Waals surface area contributed by atoms with Crippen molar-refractivity contribution in [3.05, 3.63) is 53.6 Å². The molecule has 166 valence electrons. The molecule has 1 aliphatic rings. The molecule has 7 nitrogen and oxygen atoms in total. The second kappa shape index (κ2) is 7.80. The SMILES string of the molecule is C[C@@H]1[C@H](c2ccc(F)cc2O)[C@H](C(=O)Nc2ccnc(C(N)=O)c2)O[C@]1(C)C(F)(F)F. The second-order valence-corrected chi connectivity index (χ2v) is 7.44. The Kier molecular flexibility index (Phi) is 5.66. The van der Waals surface area contributed by atoms with Gasteiger partial charge in [-0.1, -0.05) is 13.0 Å². The van der Waals surface area contributed by atoms with Gasteiger partial charge in [0.1, 0.15) is 23.4 Å². The van der Waals surface area contributed by atoms with Gasteiger partial charge in [0.05, 0.1) is 0 Å². The zero-order valence-electron chi connectivity index (χ0n) is 16.4. The molecule has 1 saturated heterocycles. The van der Waals surface area contributed by atoms with Crippen LogP contribution >= 0.6 is 0 Å². The quantitative estimate of drug-likeness (QED) is 0.631. The third-order valence-electron chi connectivity index (χ3n) is 5.56. The molecule has 1 fully saturated rings. The molecular weight excluding hydrogens is 422 g/mol. The molecule has 1 aromatic heterocycles. The van der Waals surface area contributed by atoms with Gasteiger partial charge in [0.2, 0.25) is 0 Å². The van der Waals surface area contributed by atoms with E-state index in [-0.39, 0.29) is 16.9 Å². The van der Waals surface area contributed by atoms with Crippen molar-refractivity contribution >= 4 is 17.5 Å². The van der Waals surface area contributed by atoms with E-state index in [4.69, 9.17) is 10.5 Å². The maximum atomic E-state index is 13.8. The lowest BCUT2D eigenvalue weighted by molar-refractivity contribution is -0.272. The van der Waals surface area contributed by atoms with Crippen LogP contribution in [-0.4, -0.2) is 39.8 Å². The zero-order valence-corrected chi connectivity index (χ0v) is 16.4. The number of nitrogens with zero attached hydrogens (tertiary/aromatic N) is 1. The van der Waals surface area contributed by atoms with E-state index >= 15 is 0 Å². The number of primary amides is 1. The Bertz CT molecular complexity index is 1030. The Hall–Kier alpha value is -3.21. The van der Waals surface area contributed by atoms with Crippen molar-refractivity contribution in [2.75, 3.05) is 5.32 Å². The first-order chi connectivity index (χ1) is 14.3. The number of nitrogens with two attached hydrogens (primary N) is 1. The summed E-state index contributed by atoms with van der Waals surface area (Å²) in [7, 11) is 0. The van der Waals surface area contributed by atoms with Crippen LogP contribution in [0.25, 0.3) is 0 Å². The number of hydrogen-bond acceptors (Lipinski definition) is 5. The van der Waals surface area contributed by atoms with Gasteiger partial charge < -0.3 is 20.9 Å². The number of ether oxygens (including phenoxy) is 1. The number of carbonyl (C=O) groups excluding carboxylic acids is 2. The molecular formula is C20H19F4N3O4. The van der Waals surface area contributed by atoms with Gasteiger partial charge in [-0.05, 0) is 25.1 Å². The molecule has 11 heteroatoms. The first kappa shape index (κ1) is 22.5. The van der Waals surface area contributed by atoms with E-state index in [1.54, 1.807) is 0 Å². The molecule has 4 atom stereocenters. The van der Waals surface area contributed by atoms with Crippen LogP contribution in [0.2, 0.25) is 0 Å². The van der Waals surface area contributed by atoms with Crippen LogP contribution in [0.4, 0.5) is 23.2 Å². The van der Waals surface area contributed by atoms with E-state index in [9.17, 15) is 32.3 Å². The van der Waals surface area contributed by atoms with Gasteiger partial charge in [-0.3, -0.25) is 14.6 Å². The van der Waals surface area contributed by atoms with Gasteiger partial charge in [0, 0.05) is 35.3 Å². The topological polar surface area (TPSA) is 115 Å². The number of aromatic nitrogens is 1. The summed E-state index contributed by atoms with van der Waals surface area (Å²) in [5, 5.41) is 12.5. The van der Waals surface area contributed by atoms with Crippen LogP contribution in [0.1, 0.15) is 35.8 Å². The number of carbonyl (C=O) groups is 2. The summed E-state index contributed by atoms with van der Waals surface area (Å²) < 4.78 is 60.1. The Morgan fingerprint density at radius 1 is 1.26 bits per heavy atom. The van der Waals surface area contributed by atoms with Crippen LogP contribution in [-0.2, 0) is 9.53 Å². The molecule has 0 radical (unpaired) electrons. The molecule has 3 rings (SSSR count). The fourth-order valence-electron chi connectivity index (χ4n) is 3.68. The number of alkyl halides is 3. The monoisotopic (exact) mass is 441 g/mol. The molecule has 2 heterocycles. The third kappa shape index (κ3) is 4.05. The minimum Gasteiger partial charge on any atom is -0.508 e. The molecule has 0 unspecified atom stereocenters. The molecule has 0 bridgehead atoms. The van der Waals surface area contributed by atoms with Gasteiger partial charge in [0.15, 0.2) is 5.60 Å². The van der Waals surface area contributed by atoms with E-state index < -0.39 is 53.1 Å². The summed E-state index contributed by atoms with van der Waals surface area (Å²) >= 11 is 0. The molecule has 2 amide bonds. The van der Waals surface area contributed by atoms with Gasteiger partial charge in [0.25, 0.3) is 11.8 Å². The summed E-state index contributed by atoms with van der Waals surface area (Å²) in [6.07, 6.45) is -5.31. The van der Waals surface area contributed by atoms with E-state index in [1.807, 2.05) is 0 Å². The van der Waals surface area contributed by atoms with E-state index in [2.05, 4.69) is 10.3 Å². The first-order valence-electron chi connectivity index (χ1n) is 9.15. The molecule has 1 aromatic carbocycles. The lowest BCUT2D eigenvalue weighted by Gasteiger charge is -2.31. The van der Waals surface area contributed by atoms with Gasteiger partial charge in [-0.25, -0.2) is 4.39 Å². The number of phenols is 1. The van der Waals surface area contributed by atoms with E-state index in [1.165, 1.54) is 19.2 Å². The average Bonchev–Trinajstić information content (AvgIpc) is 2.94. The standard InChI is InChI=1S/C20H19F4N3O4/c1-9-15(12-4-3-10(21)7-14(12)28)16(31-19(9,2)20(22,23)24)18(30)27-11-5-6-26-13(8-11)17(25)29/h3-9,15-16,28H,1-2H3,(H2,25,29)(H,26,27,30)/t9-,15-,16-,19+/m1/s1. The number of hydrogen-bond donors (Lipinski definition) is 3. The van der Waals surface area contributed by atoms with Crippen LogP contribution < -0.4 is 11.1 Å². The molecule has 2 aromatic rings. The molecule has 0 aliphatic carbocycles. The normalized spacial score (nSPS) is 25.9. The first-order valence-corrected chi connectivity index (χ1v) is 9.15. The number of benzene rings is 1. The molecule has 31 heavy (non-hydrogen) atoms. The number of rotatable bonds is 4. The number of aromatic hydroxyl groups is 1. The number of pyridine rings is 1. The van der Waals surface area contributed by atoms with Crippen molar-refractivity contribution in [1.29, 1.82) is 0 Å². The van der Waals surface area contributed by atoms with Crippen LogP contribution in [0.3, 0.4) is 0 Å². The lowest BCUT2D eigenvalue weighted by atomic mass is 9.77. The van der Waals surface area contributed by atoms with Crippen LogP contribution in [0, 0.1) is 11.7 Å². The largest absolute Gasteiger partial charge is 0.508 e. The Balaban J connectivity index is 2.01. The number of phenolic OH excluding ortho intramolecular Hbond substituents is 1. The maximum absolute atomic E-state index is 13.8. The molecule has 4 N–H and O–H groups in total. The average molecular weight is 441 g/mol. The highest BCUT2D eigenvalue weighted by atomic mass is 19.4. The number of nitrogens with one attached hydrogen (secondary N) is 1. The predicted octanol–water partition coefficient (Wildman–Crippen LogP) is 3.10. The molecule has 1 aliphatic heterocycles. The highest BCUT2D eigenvalue weighted by molar-refractivity contribution is 5.97. The van der Waals surface area contributed by atoms with Crippen LogP contribution in [0.15, 0.2) is 36.5 Å². The van der Waals surface area contributed by atoms with Gasteiger partial charge in [-0.2, -0.15) is 13.2 Å². The predicted molar refractivity (Wildman–Crippen MR) is 101 cm³/mol. The number of amides is 2. The van der Waals surface area contributed by atoms with Crippen molar-refractivity contribution in [3.8, 4) is 5.75 Å². The zero-order chi connectivity index (χ0) is 23.1. The molecule has 0 saturated carbocycles. The Morgan fingerprint density at radius 3 is 2.52 bits per heavy atom. The minimum absolute atomic E-state index is 0.0606. The summed E-state index contributed by atoms with van der Waals surface area (Å²) in [5.41, 5.74) is 2.27. The number of anilines is 1. The Labute approximate surface area is 174 Å². The number of halogens is 4. The third-order valence-corrected chi connectivity index (χ3v) is 5.56. The lowest BCUT2D eigenvalue weighted by Crippen LogP contribution is -2.47. The van der Waals surface area contributed by atoms with E-state index in [0.717, 1.165) is 31.2 Å². The highest BCUT2D eigenvalue weighted by Gasteiger charge is 2.65. The van der Waals surface area contributed by atoms with Gasteiger partial charge in [-0.15, -0.1) is 0 Å². The smallest absolute Gasteiger partial charge is 0.417 e. The van der Waals surface area contributed by atoms with Crippen molar-refractivity contribution in [2.24, 2.45) is 11.7 Å². The summed E-state index contributed by atoms with van der Waals surface area (Å²) in [6.45, 7) is 2.06. The van der Waals surface area contributed by atoms with Gasteiger partial charge >= 0.3 is 6.18 Å². The van der Waals surface area contributed by atoms with Crippen LogP contribution in [0.5, 0.6) is 5.75 Å².